The number of phenolic OH excluding ortho intramolecular Hbond substituents is 1. The van der Waals surface area contributed by atoms with E-state index in [2.05, 4.69) is 16.0 Å². The Bertz CT molecular complexity index is 744. The van der Waals surface area contributed by atoms with E-state index < -0.39 is 6.04 Å². The van der Waals surface area contributed by atoms with Crippen LogP contribution in [0.3, 0.4) is 0 Å². The molecule has 7 nitrogen and oxygen atoms in total. The Labute approximate surface area is 205 Å². The molecule has 2 aliphatic rings. The number of hydrogen-bond donors (Lipinski definition) is 4. The highest BCUT2D eigenvalue weighted by Crippen LogP contribution is 2.27. The van der Waals surface area contributed by atoms with Gasteiger partial charge in [0.05, 0.1) is 13.2 Å². The first-order chi connectivity index (χ1) is 15.1. The van der Waals surface area contributed by atoms with Gasteiger partial charge in [-0.25, -0.2) is 0 Å². The van der Waals surface area contributed by atoms with Crippen LogP contribution in [0.15, 0.2) is 18.2 Å². The molecule has 1 saturated carbocycles. The molecule has 0 unspecified atom stereocenters. The Morgan fingerprint density at radius 3 is 2.75 bits per heavy atom. The van der Waals surface area contributed by atoms with Crippen LogP contribution in [0, 0.1) is 5.92 Å². The summed E-state index contributed by atoms with van der Waals surface area (Å²) >= 11 is 3.43. The highest BCUT2D eigenvalue weighted by Gasteiger charge is 2.28. The Hall–Kier alpha value is -1.29. The second-order valence-electron chi connectivity index (χ2n) is 8.10. The molecule has 1 heterocycles. The van der Waals surface area contributed by atoms with Crippen molar-refractivity contribution in [3.8, 4) is 11.5 Å². The average molecular weight is 504 g/mol. The van der Waals surface area contributed by atoms with Gasteiger partial charge >= 0.3 is 0 Å². The van der Waals surface area contributed by atoms with Gasteiger partial charge in [0.15, 0.2) is 11.5 Å². The van der Waals surface area contributed by atoms with Crippen molar-refractivity contribution in [2.75, 3.05) is 30.2 Å². The van der Waals surface area contributed by atoms with E-state index in [0.717, 1.165) is 22.9 Å². The van der Waals surface area contributed by atoms with E-state index in [1.54, 1.807) is 41.7 Å². The monoisotopic (exact) mass is 503 g/mol. The van der Waals surface area contributed by atoms with Crippen molar-refractivity contribution < 1.29 is 19.4 Å². The quantitative estimate of drug-likeness (QED) is 0.389. The number of carbonyl (C=O) groups excluding carboxylic acids is 2. The van der Waals surface area contributed by atoms with E-state index in [1.165, 1.54) is 39.2 Å². The fourth-order valence-electron chi connectivity index (χ4n) is 3.88. The van der Waals surface area contributed by atoms with Gasteiger partial charge in [0, 0.05) is 23.9 Å². The average Bonchev–Trinajstić information content (AvgIpc) is 3.33. The lowest BCUT2D eigenvalue weighted by atomic mass is 9.91. The molecular weight excluding hydrogens is 470 g/mol. The number of benzene rings is 1. The summed E-state index contributed by atoms with van der Waals surface area (Å²) in [7, 11) is 1.49. The van der Waals surface area contributed by atoms with Gasteiger partial charge in [0.2, 0.25) is 11.8 Å². The fourth-order valence-corrected chi connectivity index (χ4v) is 6.10. The van der Waals surface area contributed by atoms with Crippen molar-refractivity contribution in [1.29, 1.82) is 0 Å². The smallest absolute Gasteiger partial charge is 0.243 e. The minimum Gasteiger partial charge on any atom is -0.504 e. The zero-order valence-electron chi connectivity index (χ0n) is 18.4. The molecule has 1 aliphatic carbocycles. The standard InChI is InChI=1S/C22H33N3O4S2.ClH/c1-29-20-8-7-16(9-19(20)26)10-23-21(27)18(25-22(28)17-12-31-14-24-17)13-30-11-15-5-3-2-4-6-15;/h7-9,15,17-18,24,26H,2-6,10-14H2,1H3,(H,23,27)(H,25,28);1H/t17-,18-;/m0./s1. The van der Waals surface area contributed by atoms with Gasteiger partial charge in [-0.2, -0.15) is 11.8 Å². The summed E-state index contributed by atoms with van der Waals surface area (Å²) in [5.41, 5.74) is 0.764. The summed E-state index contributed by atoms with van der Waals surface area (Å²) in [6, 6.07) is 4.20. The molecule has 0 bridgehead atoms. The number of nitrogens with one attached hydrogen (secondary N) is 3. The topological polar surface area (TPSA) is 99.7 Å². The molecule has 4 N–H and O–H groups in total. The van der Waals surface area contributed by atoms with Crippen LogP contribution >= 0.6 is 35.9 Å². The van der Waals surface area contributed by atoms with Crippen LogP contribution in [0.2, 0.25) is 0 Å². The van der Waals surface area contributed by atoms with Crippen molar-refractivity contribution in [3.63, 3.8) is 0 Å². The van der Waals surface area contributed by atoms with Gasteiger partial charge in [0.25, 0.3) is 0 Å². The Kier molecular flexibility index (Phi) is 11.9. The van der Waals surface area contributed by atoms with Crippen LogP contribution in [0.25, 0.3) is 0 Å². The lowest BCUT2D eigenvalue weighted by Crippen LogP contribution is -2.53. The molecule has 2 amide bonds. The van der Waals surface area contributed by atoms with Crippen LogP contribution in [-0.4, -0.2) is 59.2 Å². The lowest BCUT2D eigenvalue weighted by molar-refractivity contribution is -0.129. The minimum atomic E-state index is -0.583. The van der Waals surface area contributed by atoms with Gasteiger partial charge in [0.1, 0.15) is 6.04 Å². The first kappa shape index (κ1) is 27.0. The zero-order chi connectivity index (χ0) is 22.1. The van der Waals surface area contributed by atoms with E-state index in [1.807, 2.05) is 0 Å². The molecule has 3 rings (SSSR count). The van der Waals surface area contributed by atoms with Crippen LogP contribution in [0.5, 0.6) is 11.5 Å². The van der Waals surface area contributed by atoms with Crippen LogP contribution in [0.4, 0.5) is 0 Å². The number of aromatic hydroxyl groups is 1. The van der Waals surface area contributed by atoms with Crippen molar-refractivity contribution in [3.05, 3.63) is 23.8 Å². The molecule has 2 atom stereocenters. The number of rotatable bonds is 10. The predicted molar refractivity (Wildman–Crippen MR) is 134 cm³/mol. The first-order valence-electron chi connectivity index (χ1n) is 10.9. The van der Waals surface area contributed by atoms with Gasteiger partial charge in [-0.1, -0.05) is 25.3 Å². The predicted octanol–water partition coefficient (Wildman–Crippen LogP) is 2.90. The number of methoxy groups -OCH3 is 1. The number of carbonyl (C=O) groups is 2. The molecule has 32 heavy (non-hydrogen) atoms. The maximum Gasteiger partial charge on any atom is 0.243 e. The molecule has 0 aromatic heterocycles. The van der Waals surface area contributed by atoms with Crippen LogP contribution < -0.4 is 20.7 Å². The van der Waals surface area contributed by atoms with E-state index in [-0.39, 0.29) is 42.6 Å². The second-order valence-corrected chi connectivity index (χ2v) is 10.2. The van der Waals surface area contributed by atoms with E-state index in [9.17, 15) is 14.7 Å². The number of ether oxygens (including phenoxy) is 1. The Morgan fingerprint density at radius 1 is 1.31 bits per heavy atom. The van der Waals surface area contributed by atoms with E-state index in [0.29, 0.717) is 17.4 Å². The largest absolute Gasteiger partial charge is 0.504 e. The summed E-state index contributed by atoms with van der Waals surface area (Å²) in [5.74, 6) is 3.88. The number of amides is 2. The molecule has 1 aromatic rings. The SMILES string of the molecule is COc1ccc(CNC(=O)[C@H](CSCC2CCCCC2)NC(=O)[C@@H]2CSCN2)cc1O.Cl. The molecule has 10 heteroatoms. The Balaban J connectivity index is 0.00000363. The van der Waals surface area contributed by atoms with Crippen molar-refractivity contribution >= 4 is 47.7 Å². The molecular formula is C22H34ClN3O4S2. The highest BCUT2D eigenvalue weighted by atomic mass is 35.5. The van der Waals surface area contributed by atoms with Crippen LogP contribution in [0.1, 0.15) is 37.7 Å². The summed E-state index contributed by atoms with van der Waals surface area (Å²) in [6.07, 6.45) is 6.45. The minimum absolute atomic E-state index is 0. The normalized spacial score (nSPS) is 19.6. The zero-order valence-corrected chi connectivity index (χ0v) is 20.9. The van der Waals surface area contributed by atoms with E-state index >= 15 is 0 Å². The van der Waals surface area contributed by atoms with Gasteiger partial charge in [-0.05, 0) is 42.2 Å². The molecule has 1 aromatic carbocycles. The number of thioether (sulfide) groups is 2. The first-order valence-corrected chi connectivity index (χ1v) is 13.2. The highest BCUT2D eigenvalue weighted by molar-refractivity contribution is 7.99. The third kappa shape index (κ3) is 8.24. The molecule has 0 radical (unpaired) electrons. The Morgan fingerprint density at radius 2 is 2.09 bits per heavy atom. The van der Waals surface area contributed by atoms with Gasteiger partial charge < -0.3 is 20.5 Å². The maximum absolute atomic E-state index is 12.9. The third-order valence-corrected chi connectivity index (χ3v) is 7.95. The number of phenols is 1. The lowest BCUT2D eigenvalue weighted by Gasteiger charge is -2.23. The molecule has 2 fully saturated rings. The molecule has 1 aliphatic heterocycles. The molecule has 0 spiro atoms. The number of halogens is 1. The van der Waals surface area contributed by atoms with Crippen molar-refractivity contribution in [1.82, 2.24) is 16.0 Å². The summed E-state index contributed by atoms with van der Waals surface area (Å²) in [6.45, 7) is 0.271. The fraction of sp³-hybridized carbons (Fsp3) is 0.636. The third-order valence-electron chi connectivity index (χ3n) is 5.74. The van der Waals surface area contributed by atoms with Gasteiger partial charge in [-0.3, -0.25) is 14.9 Å². The molecule has 180 valence electrons. The summed E-state index contributed by atoms with van der Waals surface area (Å²) < 4.78 is 5.06. The van der Waals surface area contributed by atoms with Crippen molar-refractivity contribution in [2.45, 2.75) is 50.7 Å². The number of hydrogen-bond acceptors (Lipinski definition) is 7. The van der Waals surface area contributed by atoms with Crippen LogP contribution in [-0.2, 0) is 16.1 Å². The maximum atomic E-state index is 12.9. The second kappa shape index (κ2) is 14.1. The summed E-state index contributed by atoms with van der Waals surface area (Å²) in [4.78, 5) is 25.5. The van der Waals surface area contributed by atoms with Crippen molar-refractivity contribution in [2.24, 2.45) is 5.92 Å². The summed E-state index contributed by atoms with van der Waals surface area (Å²) in [5, 5.41) is 18.9. The van der Waals surface area contributed by atoms with Gasteiger partial charge in [-0.15, -0.1) is 24.2 Å². The molecule has 1 saturated heterocycles. The van der Waals surface area contributed by atoms with E-state index in [4.69, 9.17) is 4.74 Å².